The topological polar surface area (TPSA) is 59.8 Å². The highest BCUT2D eigenvalue weighted by Gasteiger charge is 2.16. The van der Waals surface area contributed by atoms with Crippen molar-refractivity contribution in [2.24, 2.45) is 0 Å². The molecule has 6 heteroatoms. The molecule has 0 aliphatic heterocycles. The molecule has 0 atom stereocenters. The quantitative estimate of drug-likeness (QED) is 0.765. The van der Waals surface area contributed by atoms with E-state index >= 15 is 0 Å². The number of hydrogen-bond donors (Lipinski definition) is 1. The second-order valence-corrected chi connectivity index (χ2v) is 7.17. The molecule has 0 fully saturated rings. The largest absolute Gasteiger partial charge is 0.325 e. The molecule has 1 aromatic heterocycles. The lowest BCUT2D eigenvalue weighted by molar-refractivity contribution is -0.113. The zero-order chi connectivity index (χ0) is 17.7. The van der Waals surface area contributed by atoms with Gasteiger partial charge in [0.1, 0.15) is 5.82 Å². The van der Waals surface area contributed by atoms with Crippen LogP contribution < -0.4 is 5.32 Å². The number of carbonyl (C=O) groups excluding carboxylic acids is 1. The van der Waals surface area contributed by atoms with Crippen LogP contribution in [0.1, 0.15) is 50.1 Å². The monoisotopic (exact) mass is 346 g/mol. The third-order valence-electron chi connectivity index (χ3n) is 3.92. The summed E-state index contributed by atoms with van der Waals surface area (Å²) >= 11 is 1.44. The predicted molar refractivity (Wildman–Crippen MR) is 99.7 cm³/mol. The Morgan fingerprint density at radius 3 is 2.71 bits per heavy atom. The minimum atomic E-state index is -0.0224. The van der Waals surface area contributed by atoms with Crippen molar-refractivity contribution in [2.45, 2.75) is 58.7 Å². The molecule has 0 bridgehead atoms. The summed E-state index contributed by atoms with van der Waals surface area (Å²) in [7, 11) is 0. The molecule has 0 saturated carbocycles. The summed E-state index contributed by atoms with van der Waals surface area (Å²) in [6.07, 6.45) is 1.01. The van der Waals surface area contributed by atoms with Crippen LogP contribution in [0.15, 0.2) is 23.4 Å². The van der Waals surface area contributed by atoms with E-state index in [4.69, 9.17) is 0 Å². The van der Waals surface area contributed by atoms with Crippen LogP contribution in [0.2, 0.25) is 0 Å². The number of aryl methyl sites for hydroxylation is 1. The van der Waals surface area contributed by atoms with Crippen LogP contribution in [0, 0.1) is 13.8 Å². The molecule has 5 nitrogen and oxygen atoms in total. The lowest BCUT2D eigenvalue weighted by Gasteiger charge is -2.12. The van der Waals surface area contributed by atoms with Crippen LogP contribution in [-0.2, 0) is 11.3 Å². The van der Waals surface area contributed by atoms with Crippen molar-refractivity contribution in [3.8, 4) is 0 Å². The highest BCUT2D eigenvalue weighted by Crippen LogP contribution is 2.23. The van der Waals surface area contributed by atoms with E-state index in [1.165, 1.54) is 17.3 Å². The van der Waals surface area contributed by atoms with E-state index in [0.29, 0.717) is 11.7 Å². The Balaban J connectivity index is 2.03. The minimum Gasteiger partial charge on any atom is -0.325 e. The van der Waals surface area contributed by atoms with Crippen molar-refractivity contribution in [1.82, 2.24) is 14.8 Å². The van der Waals surface area contributed by atoms with Crippen LogP contribution in [0.25, 0.3) is 0 Å². The zero-order valence-electron chi connectivity index (χ0n) is 15.1. The summed E-state index contributed by atoms with van der Waals surface area (Å²) in [5, 5.41) is 12.3. The van der Waals surface area contributed by atoms with E-state index in [1.807, 2.05) is 32.0 Å². The minimum absolute atomic E-state index is 0.0224. The van der Waals surface area contributed by atoms with Gasteiger partial charge in [-0.2, -0.15) is 0 Å². The van der Waals surface area contributed by atoms with Crippen molar-refractivity contribution in [2.75, 3.05) is 11.1 Å². The van der Waals surface area contributed by atoms with E-state index in [0.717, 1.165) is 35.2 Å². The van der Waals surface area contributed by atoms with E-state index in [9.17, 15) is 4.79 Å². The first-order valence-corrected chi connectivity index (χ1v) is 9.34. The molecule has 0 radical (unpaired) electrons. The Kier molecular flexibility index (Phi) is 6.43. The van der Waals surface area contributed by atoms with E-state index < -0.39 is 0 Å². The normalized spacial score (nSPS) is 11.1. The molecule has 0 unspecified atom stereocenters. The van der Waals surface area contributed by atoms with Crippen molar-refractivity contribution < 1.29 is 4.79 Å². The second-order valence-electron chi connectivity index (χ2n) is 6.23. The van der Waals surface area contributed by atoms with Crippen LogP contribution in [0.4, 0.5) is 5.69 Å². The van der Waals surface area contributed by atoms with Crippen molar-refractivity contribution in [3.63, 3.8) is 0 Å². The first-order chi connectivity index (χ1) is 11.4. The van der Waals surface area contributed by atoms with E-state index in [1.54, 1.807) is 0 Å². The molecule has 24 heavy (non-hydrogen) atoms. The summed E-state index contributed by atoms with van der Waals surface area (Å²) < 4.78 is 2.13. The SMILES string of the molecule is CCCn1c(SCC(=O)Nc2cccc(C)c2C)nnc1C(C)C. The summed E-state index contributed by atoms with van der Waals surface area (Å²) in [5.74, 6) is 1.61. The van der Waals surface area contributed by atoms with Gasteiger partial charge < -0.3 is 9.88 Å². The standard InChI is InChI=1S/C18H26N4OS/c1-6-10-22-17(12(2)3)20-21-18(22)24-11-16(23)19-15-9-7-8-13(4)14(15)5/h7-9,12H,6,10-11H2,1-5H3,(H,19,23). The second kappa shape index (κ2) is 8.33. The Hall–Kier alpha value is -1.82. The molecule has 0 spiro atoms. The van der Waals surface area contributed by atoms with Crippen molar-refractivity contribution in [1.29, 1.82) is 0 Å². The first kappa shape index (κ1) is 18.5. The number of hydrogen-bond acceptors (Lipinski definition) is 4. The lowest BCUT2D eigenvalue weighted by Crippen LogP contribution is -2.16. The molecule has 0 aliphatic rings. The third-order valence-corrected chi connectivity index (χ3v) is 4.89. The van der Waals surface area contributed by atoms with Gasteiger partial charge in [0, 0.05) is 18.2 Å². The zero-order valence-corrected chi connectivity index (χ0v) is 15.9. The number of benzene rings is 1. The van der Waals surface area contributed by atoms with Gasteiger partial charge in [-0.1, -0.05) is 44.7 Å². The molecule has 130 valence electrons. The maximum absolute atomic E-state index is 12.3. The van der Waals surface area contributed by atoms with Gasteiger partial charge >= 0.3 is 0 Å². The number of nitrogens with zero attached hydrogens (tertiary/aromatic N) is 3. The van der Waals surface area contributed by atoms with Crippen LogP contribution >= 0.6 is 11.8 Å². The Morgan fingerprint density at radius 1 is 1.29 bits per heavy atom. The highest BCUT2D eigenvalue weighted by molar-refractivity contribution is 7.99. The fourth-order valence-corrected chi connectivity index (χ4v) is 3.24. The maximum atomic E-state index is 12.3. The fraction of sp³-hybridized carbons (Fsp3) is 0.500. The molecular formula is C18H26N4OS. The van der Waals surface area contributed by atoms with Crippen LogP contribution in [0.3, 0.4) is 0 Å². The third kappa shape index (κ3) is 4.38. The maximum Gasteiger partial charge on any atom is 0.234 e. The molecule has 1 heterocycles. The Labute approximate surface area is 148 Å². The number of rotatable bonds is 7. The first-order valence-electron chi connectivity index (χ1n) is 8.36. The summed E-state index contributed by atoms with van der Waals surface area (Å²) in [6, 6.07) is 5.93. The van der Waals surface area contributed by atoms with Gasteiger partial charge in [-0.3, -0.25) is 4.79 Å². The van der Waals surface area contributed by atoms with E-state index in [-0.39, 0.29) is 5.91 Å². The number of thioether (sulfide) groups is 1. The number of aromatic nitrogens is 3. The summed E-state index contributed by atoms with van der Waals surface area (Å²) in [4.78, 5) is 12.3. The van der Waals surface area contributed by atoms with Gasteiger partial charge in [-0.05, 0) is 37.5 Å². The van der Waals surface area contributed by atoms with E-state index in [2.05, 4.69) is 40.9 Å². The average Bonchev–Trinajstić information content (AvgIpc) is 2.93. The van der Waals surface area contributed by atoms with Gasteiger partial charge in [-0.15, -0.1) is 10.2 Å². The van der Waals surface area contributed by atoms with Gasteiger partial charge in [0.25, 0.3) is 0 Å². The Bertz CT molecular complexity index is 709. The molecule has 0 aliphatic carbocycles. The summed E-state index contributed by atoms with van der Waals surface area (Å²) in [5.41, 5.74) is 3.15. The molecule has 0 saturated heterocycles. The van der Waals surface area contributed by atoms with Crippen molar-refractivity contribution >= 4 is 23.4 Å². The number of carbonyl (C=O) groups is 1. The fourth-order valence-electron chi connectivity index (χ4n) is 2.47. The van der Waals surface area contributed by atoms with Gasteiger partial charge in [0.05, 0.1) is 5.75 Å². The van der Waals surface area contributed by atoms with Crippen molar-refractivity contribution in [3.05, 3.63) is 35.2 Å². The van der Waals surface area contributed by atoms with Crippen LogP contribution in [-0.4, -0.2) is 26.4 Å². The number of amides is 1. The average molecular weight is 347 g/mol. The molecule has 1 amide bonds. The van der Waals surface area contributed by atoms with Gasteiger partial charge in [-0.25, -0.2) is 0 Å². The Morgan fingerprint density at radius 2 is 2.04 bits per heavy atom. The van der Waals surface area contributed by atoms with Gasteiger partial charge in [0.2, 0.25) is 5.91 Å². The molecule has 1 aromatic carbocycles. The predicted octanol–water partition coefficient (Wildman–Crippen LogP) is 4.16. The smallest absolute Gasteiger partial charge is 0.234 e. The molecule has 2 rings (SSSR count). The number of nitrogens with one attached hydrogen (secondary N) is 1. The molecule has 2 aromatic rings. The summed E-state index contributed by atoms with van der Waals surface area (Å²) in [6.45, 7) is 11.3. The highest BCUT2D eigenvalue weighted by atomic mass is 32.2. The van der Waals surface area contributed by atoms with Crippen LogP contribution in [0.5, 0.6) is 0 Å². The molecule has 1 N–H and O–H groups in total. The lowest BCUT2D eigenvalue weighted by atomic mass is 10.1. The number of anilines is 1. The molecular weight excluding hydrogens is 320 g/mol. The van der Waals surface area contributed by atoms with Gasteiger partial charge in [0.15, 0.2) is 5.16 Å².